The van der Waals surface area contributed by atoms with Crippen molar-refractivity contribution in [3.63, 3.8) is 0 Å². The second-order valence-corrected chi connectivity index (χ2v) is 8.35. The van der Waals surface area contributed by atoms with Crippen LogP contribution in [0.15, 0.2) is 29.3 Å². The fraction of sp³-hybridized carbons (Fsp3) is 0.636. The summed E-state index contributed by atoms with van der Waals surface area (Å²) in [4.78, 5) is 18.8. The lowest BCUT2D eigenvalue weighted by Crippen LogP contribution is -2.42. The largest absolute Gasteiger partial charge is 0.495 e. The smallest absolute Gasteiger partial charge is 0.407 e. The highest BCUT2D eigenvalue weighted by Crippen LogP contribution is 2.31. The first kappa shape index (κ1) is 27.1. The second kappa shape index (κ2) is 13.5. The van der Waals surface area contributed by atoms with Crippen LogP contribution in [0.5, 0.6) is 5.75 Å². The number of hydrogen-bond donors (Lipinski definition) is 3. The van der Waals surface area contributed by atoms with Gasteiger partial charge in [0, 0.05) is 39.3 Å². The van der Waals surface area contributed by atoms with Crippen LogP contribution in [0.2, 0.25) is 0 Å². The summed E-state index contributed by atoms with van der Waals surface area (Å²) in [7, 11) is 1.71. The quantitative estimate of drug-likeness (QED) is 0.201. The number of benzene rings is 1. The van der Waals surface area contributed by atoms with Crippen LogP contribution in [-0.4, -0.2) is 64.0 Å². The Balaban J connectivity index is 0.00000480. The molecule has 1 saturated heterocycles. The molecular weight excluding hydrogens is 509 g/mol. The summed E-state index contributed by atoms with van der Waals surface area (Å²) in [6, 6.07) is 8.14. The van der Waals surface area contributed by atoms with E-state index in [0.717, 1.165) is 50.0 Å². The molecule has 176 valence electrons. The molecule has 1 unspecified atom stereocenters. The Morgan fingerprint density at radius 1 is 1.19 bits per heavy atom. The minimum absolute atomic E-state index is 0. The molecule has 8 nitrogen and oxygen atoms in total. The highest BCUT2D eigenvalue weighted by atomic mass is 127. The van der Waals surface area contributed by atoms with Gasteiger partial charge in [0.2, 0.25) is 0 Å². The van der Waals surface area contributed by atoms with Gasteiger partial charge in [-0.2, -0.15) is 0 Å². The number of carbonyl (C=O) groups excluding carboxylic acids is 1. The maximum absolute atomic E-state index is 11.7. The van der Waals surface area contributed by atoms with Gasteiger partial charge in [0.1, 0.15) is 11.4 Å². The third-order valence-electron chi connectivity index (χ3n) is 4.65. The molecule has 0 aromatic heterocycles. The normalized spacial score (nSPS) is 16.4. The fourth-order valence-electron chi connectivity index (χ4n) is 3.31. The first-order valence-corrected chi connectivity index (χ1v) is 10.7. The van der Waals surface area contributed by atoms with E-state index in [1.54, 1.807) is 7.11 Å². The highest BCUT2D eigenvalue weighted by Gasteiger charge is 2.24. The van der Waals surface area contributed by atoms with E-state index in [0.29, 0.717) is 19.0 Å². The van der Waals surface area contributed by atoms with Crippen LogP contribution in [0, 0.1) is 5.92 Å². The number of amides is 1. The summed E-state index contributed by atoms with van der Waals surface area (Å²) < 4.78 is 10.7. The number of anilines is 1. The van der Waals surface area contributed by atoms with Crippen LogP contribution in [0.4, 0.5) is 10.5 Å². The van der Waals surface area contributed by atoms with Crippen molar-refractivity contribution in [2.45, 2.75) is 39.7 Å². The van der Waals surface area contributed by atoms with Gasteiger partial charge < -0.3 is 30.3 Å². The molecule has 1 fully saturated rings. The van der Waals surface area contributed by atoms with Crippen molar-refractivity contribution in [2.75, 3.05) is 51.3 Å². The van der Waals surface area contributed by atoms with Crippen LogP contribution in [0.25, 0.3) is 0 Å². The van der Waals surface area contributed by atoms with Gasteiger partial charge in [0.05, 0.1) is 12.8 Å². The Bertz CT molecular complexity index is 709. The number of guanidine groups is 1. The minimum Gasteiger partial charge on any atom is -0.495 e. The van der Waals surface area contributed by atoms with Crippen LogP contribution >= 0.6 is 24.0 Å². The van der Waals surface area contributed by atoms with Crippen LogP contribution in [-0.2, 0) is 4.74 Å². The summed E-state index contributed by atoms with van der Waals surface area (Å²) in [6.07, 6.45) is 0.690. The van der Waals surface area contributed by atoms with Crippen molar-refractivity contribution in [1.29, 1.82) is 0 Å². The van der Waals surface area contributed by atoms with Crippen LogP contribution in [0.1, 0.15) is 34.1 Å². The average Bonchev–Trinajstić information content (AvgIpc) is 3.16. The van der Waals surface area contributed by atoms with E-state index in [1.807, 2.05) is 45.9 Å². The first-order chi connectivity index (χ1) is 14.3. The molecule has 1 amide bonds. The Kier molecular flexibility index (Phi) is 11.8. The highest BCUT2D eigenvalue weighted by molar-refractivity contribution is 14.0. The topological polar surface area (TPSA) is 87.2 Å². The van der Waals surface area contributed by atoms with Crippen molar-refractivity contribution < 1.29 is 14.3 Å². The molecule has 1 atom stereocenters. The maximum Gasteiger partial charge on any atom is 0.407 e. The molecule has 1 aromatic carbocycles. The Morgan fingerprint density at radius 2 is 1.90 bits per heavy atom. The lowest BCUT2D eigenvalue weighted by molar-refractivity contribution is 0.0529. The van der Waals surface area contributed by atoms with Crippen molar-refractivity contribution in [3.8, 4) is 5.75 Å². The lowest BCUT2D eigenvalue weighted by atomic mass is 10.1. The van der Waals surface area contributed by atoms with E-state index in [9.17, 15) is 4.79 Å². The number of methoxy groups -OCH3 is 1. The summed E-state index contributed by atoms with van der Waals surface area (Å²) in [5, 5.41) is 9.26. The third kappa shape index (κ3) is 9.84. The van der Waals surface area contributed by atoms with Gasteiger partial charge in [-0.1, -0.05) is 12.1 Å². The number of alkyl carbamates (subject to hydrolysis) is 1. The number of hydrogen-bond acceptors (Lipinski definition) is 5. The van der Waals surface area contributed by atoms with Gasteiger partial charge in [0.25, 0.3) is 0 Å². The molecule has 1 aromatic rings. The number of carbonyl (C=O) groups is 1. The van der Waals surface area contributed by atoms with Gasteiger partial charge in [0.15, 0.2) is 5.96 Å². The molecule has 2 rings (SSSR count). The monoisotopic (exact) mass is 547 g/mol. The van der Waals surface area contributed by atoms with Gasteiger partial charge in [-0.05, 0) is 52.2 Å². The van der Waals surface area contributed by atoms with Crippen LogP contribution < -0.4 is 25.6 Å². The van der Waals surface area contributed by atoms with Crippen molar-refractivity contribution in [1.82, 2.24) is 16.0 Å². The predicted molar refractivity (Wildman–Crippen MR) is 137 cm³/mol. The van der Waals surface area contributed by atoms with E-state index >= 15 is 0 Å². The number of nitrogens with zero attached hydrogens (tertiary/aromatic N) is 2. The number of nitrogens with one attached hydrogen (secondary N) is 3. The van der Waals surface area contributed by atoms with E-state index in [-0.39, 0.29) is 24.0 Å². The molecule has 0 spiro atoms. The molecule has 0 aliphatic carbocycles. The minimum atomic E-state index is -0.493. The van der Waals surface area contributed by atoms with E-state index in [4.69, 9.17) is 14.5 Å². The molecule has 1 aliphatic heterocycles. The lowest BCUT2D eigenvalue weighted by Gasteiger charge is -2.21. The molecule has 0 radical (unpaired) electrons. The zero-order chi connectivity index (χ0) is 22.0. The molecular formula is C22H38IN5O3. The van der Waals surface area contributed by atoms with Gasteiger partial charge in [-0.25, -0.2) is 4.79 Å². The zero-order valence-corrected chi connectivity index (χ0v) is 21.7. The van der Waals surface area contributed by atoms with Gasteiger partial charge >= 0.3 is 6.09 Å². The average molecular weight is 547 g/mol. The van der Waals surface area contributed by atoms with Gasteiger partial charge in [-0.3, -0.25) is 4.99 Å². The van der Waals surface area contributed by atoms with E-state index in [2.05, 4.69) is 26.9 Å². The first-order valence-electron chi connectivity index (χ1n) is 10.7. The number of halogens is 1. The molecule has 0 bridgehead atoms. The van der Waals surface area contributed by atoms with Gasteiger partial charge in [-0.15, -0.1) is 24.0 Å². The maximum atomic E-state index is 11.7. The van der Waals surface area contributed by atoms with Crippen molar-refractivity contribution in [2.24, 2.45) is 10.9 Å². The van der Waals surface area contributed by atoms with Crippen molar-refractivity contribution >= 4 is 41.7 Å². The molecule has 3 N–H and O–H groups in total. The van der Waals surface area contributed by atoms with E-state index < -0.39 is 11.7 Å². The predicted octanol–water partition coefficient (Wildman–Crippen LogP) is 3.22. The standard InChI is InChI=1S/C22H37N5O3.HI/c1-6-23-20(24-12-13-25-21(28)30-22(2,3)4)26-15-17-11-14-27(16-17)18-9-7-8-10-19(18)29-5;/h7-10,17H,6,11-16H2,1-5H3,(H,25,28)(H2,23,24,26);1H. The fourth-order valence-corrected chi connectivity index (χ4v) is 3.31. The zero-order valence-electron chi connectivity index (χ0n) is 19.4. The molecule has 0 saturated carbocycles. The second-order valence-electron chi connectivity index (χ2n) is 8.35. The number of ether oxygens (including phenoxy) is 2. The SMILES string of the molecule is CCNC(=NCC1CCN(c2ccccc2OC)C1)NCCNC(=O)OC(C)(C)C.I. The Morgan fingerprint density at radius 3 is 2.58 bits per heavy atom. The number of para-hydroxylation sites is 2. The summed E-state index contributed by atoms with van der Waals surface area (Å²) >= 11 is 0. The van der Waals surface area contributed by atoms with Crippen LogP contribution in [0.3, 0.4) is 0 Å². The number of aliphatic imine (C=N–C) groups is 1. The number of rotatable bonds is 8. The molecule has 31 heavy (non-hydrogen) atoms. The van der Waals surface area contributed by atoms with Crippen molar-refractivity contribution in [3.05, 3.63) is 24.3 Å². The summed E-state index contributed by atoms with van der Waals surface area (Å²) in [5.74, 6) is 2.17. The summed E-state index contributed by atoms with van der Waals surface area (Å²) in [6.45, 7) is 12.1. The molecule has 9 heteroatoms. The molecule has 1 heterocycles. The summed E-state index contributed by atoms with van der Waals surface area (Å²) in [5.41, 5.74) is 0.650. The molecule has 1 aliphatic rings. The Labute approximate surface area is 203 Å². The Hall–Kier alpha value is -1.91. The van der Waals surface area contributed by atoms with E-state index in [1.165, 1.54) is 0 Å². The third-order valence-corrected chi connectivity index (χ3v) is 4.65.